The van der Waals surface area contributed by atoms with E-state index in [4.69, 9.17) is 0 Å². The van der Waals surface area contributed by atoms with Crippen molar-refractivity contribution >= 4 is 5.78 Å². The average Bonchev–Trinajstić information content (AvgIpc) is 2.74. The molecule has 2 saturated carbocycles. The molecule has 0 aliphatic heterocycles. The molecule has 0 saturated heterocycles. The van der Waals surface area contributed by atoms with Gasteiger partial charge in [-0.2, -0.15) is 0 Å². The van der Waals surface area contributed by atoms with Gasteiger partial charge in [-0.15, -0.1) is 0 Å². The first kappa shape index (κ1) is 12.4. The van der Waals surface area contributed by atoms with Crippen molar-refractivity contribution in [1.82, 2.24) is 10.3 Å². The third kappa shape index (κ3) is 1.97. The molecular weight excluding hydrogens is 236 g/mol. The Morgan fingerprint density at radius 1 is 1.47 bits per heavy atom. The number of nitrogens with zero attached hydrogens (tertiary/aromatic N) is 1. The third-order valence-electron chi connectivity index (χ3n) is 4.73. The van der Waals surface area contributed by atoms with Gasteiger partial charge >= 0.3 is 0 Å². The smallest absolute Gasteiger partial charge is 0.161 e. The van der Waals surface area contributed by atoms with E-state index in [0.29, 0.717) is 29.6 Å². The number of carbonyl (C=O) groups is 1. The Morgan fingerprint density at radius 3 is 2.89 bits per heavy atom. The van der Waals surface area contributed by atoms with Crippen molar-refractivity contribution in [3.05, 3.63) is 41.4 Å². The quantitative estimate of drug-likeness (QED) is 0.845. The first-order valence-corrected chi connectivity index (χ1v) is 6.89. The molecule has 100 valence electrons. The number of fused-ring (bicyclic) bond motifs is 1. The number of hydrogen-bond acceptors (Lipinski definition) is 3. The summed E-state index contributed by atoms with van der Waals surface area (Å²) in [6.07, 6.45) is 2.52. The lowest BCUT2D eigenvalue weighted by atomic mass is 9.95. The van der Waals surface area contributed by atoms with Gasteiger partial charge in [0.2, 0.25) is 0 Å². The Bertz CT molecular complexity index is 545. The Morgan fingerprint density at radius 2 is 2.26 bits per heavy atom. The molecular formula is C16H20N2O. The fourth-order valence-corrected chi connectivity index (χ4v) is 3.44. The summed E-state index contributed by atoms with van der Waals surface area (Å²) in [5.74, 6) is 1.37. The highest BCUT2D eigenvalue weighted by Gasteiger charge is 2.65. The van der Waals surface area contributed by atoms with Crippen LogP contribution in [0.2, 0.25) is 0 Å². The van der Waals surface area contributed by atoms with Crippen molar-refractivity contribution in [2.45, 2.75) is 33.7 Å². The molecule has 0 bridgehead atoms. The number of allylic oxidation sites excluding steroid dienone is 2. The number of rotatable bonds is 3. The highest BCUT2D eigenvalue weighted by Crippen LogP contribution is 2.68. The van der Waals surface area contributed by atoms with E-state index in [1.807, 2.05) is 25.1 Å². The molecule has 1 aromatic rings. The maximum atomic E-state index is 12.0. The summed E-state index contributed by atoms with van der Waals surface area (Å²) in [5, 5.41) is 3.36. The van der Waals surface area contributed by atoms with Crippen molar-refractivity contribution < 1.29 is 4.79 Å². The number of hydrogen-bond donors (Lipinski definition) is 1. The van der Waals surface area contributed by atoms with Gasteiger partial charge in [-0.25, -0.2) is 0 Å². The molecule has 0 unspecified atom stereocenters. The van der Waals surface area contributed by atoms with Gasteiger partial charge in [0.1, 0.15) is 0 Å². The molecule has 1 N–H and O–H groups in total. The average molecular weight is 256 g/mol. The molecule has 2 atom stereocenters. The van der Waals surface area contributed by atoms with E-state index in [9.17, 15) is 4.79 Å². The standard InChI is InChI=1S/C16H20N2O/c1-10(18-9-11-6-4-5-7-17-11)14-13(19)8-12-15(14)16(12,2)3/h4-7,12,15,18H,8-9H2,1-3H3/b14-10+/t12-,15-/m1/s1. The lowest BCUT2D eigenvalue weighted by Crippen LogP contribution is -2.18. The van der Waals surface area contributed by atoms with Gasteiger partial charge in [-0.3, -0.25) is 9.78 Å². The van der Waals surface area contributed by atoms with Gasteiger partial charge in [0, 0.05) is 23.9 Å². The number of Topliss-reactive ketones (excluding diaryl/α,β-unsaturated/α-hetero) is 1. The van der Waals surface area contributed by atoms with Crippen LogP contribution >= 0.6 is 0 Å². The summed E-state index contributed by atoms with van der Waals surface area (Å²) in [6, 6.07) is 5.88. The first-order chi connectivity index (χ1) is 9.01. The summed E-state index contributed by atoms with van der Waals surface area (Å²) in [5.41, 5.74) is 3.39. The maximum Gasteiger partial charge on any atom is 0.161 e. The van der Waals surface area contributed by atoms with Gasteiger partial charge in [-0.1, -0.05) is 19.9 Å². The number of aromatic nitrogens is 1. The summed E-state index contributed by atoms with van der Waals surface area (Å²) in [4.78, 5) is 16.3. The van der Waals surface area contributed by atoms with Crippen LogP contribution in [0.4, 0.5) is 0 Å². The molecule has 19 heavy (non-hydrogen) atoms. The van der Waals surface area contributed by atoms with Crippen molar-refractivity contribution in [3.8, 4) is 0 Å². The SMILES string of the molecule is C/C(NCc1ccccn1)=C1/C(=O)C[C@@H]2[C@H]1C2(C)C. The molecule has 0 spiro atoms. The van der Waals surface area contributed by atoms with Crippen LogP contribution in [0.15, 0.2) is 35.7 Å². The van der Waals surface area contributed by atoms with Crippen molar-refractivity contribution in [3.63, 3.8) is 0 Å². The fraction of sp³-hybridized carbons (Fsp3) is 0.500. The van der Waals surface area contributed by atoms with Crippen LogP contribution < -0.4 is 5.32 Å². The minimum absolute atomic E-state index is 0.317. The zero-order valence-electron chi connectivity index (χ0n) is 11.7. The molecule has 3 rings (SSSR count). The molecule has 1 aromatic heterocycles. The van der Waals surface area contributed by atoms with Crippen LogP contribution in [-0.4, -0.2) is 10.8 Å². The van der Waals surface area contributed by atoms with E-state index in [1.165, 1.54) is 0 Å². The van der Waals surface area contributed by atoms with Crippen molar-refractivity contribution in [2.75, 3.05) is 0 Å². The second-order valence-corrected chi connectivity index (χ2v) is 6.25. The van der Waals surface area contributed by atoms with Crippen molar-refractivity contribution in [2.24, 2.45) is 17.3 Å². The van der Waals surface area contributed by atoms with E-state index in [-0.39, 0.29) is 0 Å². The molecule has 2 aliphatic rings. The van der Waals surface area contributed by atoms with Gasteiger partial charge in [0.25, 0.3) is 0 Å². The molecule has 2 aliphatic carbocycles. The second-order valence-electron chi connectivity index (χ2n) is 6.25. The van der Waals surface area contributed by atoms with Crippen LogP contribution in [0.25, 0.3) is 0 Å². The van der Waals surface area contributed by atoms with Crippen LogP contribution in [-0.2, 0) is 11.3 Å². The van der Waals surface area contributed by atoms with E-state index >= 15 is 0 Å². The number of nitrogens with one attached hydrogen (secondary N) is 1. The minimum Gasteiger partial charge on any atom is -0.383 e. The Hall–Kier alpha value is -1.64. The third-order valence-corrected chi connectivity index (χ3v) is 4.73. The molecule has 1 heterocycles. The van der Waals surface area contributed by atoms with Crippen molar-refractivity contribution in [1.29, 1.82) is 0 Å². The lowest BCUT2D eigenvalue weighted by Gasteiger charge is -2.14. The van der Waals surface area contributed by atoms with E-state index < -0.39 is 0 Å². The topological polar surface area (TPSA) is 42.0 Å². The normalized spacial score (nSPS) is 29.9. The number of pyridine rings is 1. The number of ketones is 1. The summed E-state index contributed by atoms with van der Waals surface area (Å²) in [7, 11) is 0. The molecule has 0 radical (unpaired) electrons. The molecule has 3 nitrogen and oxygen atoms in total. The largest absolute Gasteiger partial charge is 0.383 e. The van der Waals surface area contributed by atoms with E-state index in [2.05, 4.69) is 24.1 Å². The monoisotopic (exact) mass is 256 g/mol. The fourth-order valence-electron chi connectivity index (χ4n) is 3.44. The van der Waals surface area contributed by atoms with Gasteiger partial charge in [0.05, 0.1) is 12.2 Å². The van der Waals surface area contributed by atoms with Crippen LogP contribution in [0.3, 0.4) is 0 Å². The summed E-state index contributed by atoms with van der Waals surface area (Å²) in [6.45, 7) is 7.23. The van der Waals surface area contributed by atoms with E-state index in [1.54, 1.807) is 6.20 Å². The Labute approximate surface area is 114 Å². The predicted octanol–water partition coefficient (Wildman–Crippen LogP) is 2.69. The zero-order chi connectivity index (χ0) is 13.6. The summed E-state index contributed by atoms with van der Waals surface area (Å²) >= 11 is 0. The van der Waals surface area contributed by atoms with Gasteiger partial charge in [0.15, 0.2) is 5.78 Å². The second kappa shape index (κ2) is 4.19. The Kier molecular flexibility index (Phi) is 2.73. The van der Waals surface area contributed by atoms with Gasteiger partial charge < -0.3 is 5.32 Å². The predicted molar refractivity (Wildman–Crippen MR) is 74.2 cm³/mol. The first-order valence-electron chi connectivity index (χ1n) is 6.89. The van der Waals surface area contributed by atoms with E-state index in [0.717, 1.165) is 23.4 Å². The minimum atomic E-state index is 0.317. The molecule has 3 heteroatoms. The van der Waals surface area contributed by atoms with Gasteiger partial charge in [-0.05, 0) is 36.3 Å². The zero-order valence-corrected chi connectivity index (χ0v) is 11.7. The molecule has 0 aromatic carbocycles. The van der Waals surface area contributed by atoms with Crippen LogP contribution in [0, 0.1) is 17.3 Å². The van der Waals surface area contributed by atoms with Crippen LogP contribution in [0.1, 0.15) is 32.9 Å². The molecule has 2 fully saturated rings. The highest BCUT2D eigenvalue weighted by atomic mass is 16.1. The highest BCUT2D eigenvalue weighted by molar-refractivity contribution is 6.01. The number of carbonyl (C=O) groups excluding carboxylic acids is 1. The van der Waals surface area contributed by atoms with Crippen LogP contribution in [0.5, 0.6) is 0 Å². The maximum absolute atomic E-state index is 12.0. The Balaban J connectivity index is 1.74. The lowest BCUT2D eigenvalue weighted by molar-refractivity contribution is -0.115. The molecule has 0 amide bonds. The summed E-state index contributed by atoms with van der Waals surface area (Å²) < 4.78 is 0.